The molecule has 0 bridgehead atoms. The fourth-order valence-corrected chi connectivity index (χ4v) is 6.69. The molecule has 5 aromatic rings. The van der Waals surface area contributed by atoms with Crippen LogP contribution in [0.25, 0.3) is 0 Å². The summed E-state index contributed by atoms with van der Waals surface area (Å²) < 4.78 is 0. The van der Waals surface area contributed by atoms with Gasteiger partial charge in [0.15, 0.2) is 0 Å². The molecule has 0 N–H and O–H groups in total. The Balaban J connectivity index is 1.39. The zero-order chi connectivity index (χ0) is 29.1. The number of hydrogen-bond donors (Lipinski definition) is 0. The van der Waals surface area contributed by atoms with Crippen molar-refractivity contribution < 1.29 is 0 Å². The second-order valence-electron chi connectivity index (χ2n) is 12.0. The lowest BCUT2D eigenvalue weighted by Crippen LogP contribution is -2.51. The van der Waals surface area contributed by atoms with Gasteiger partial charge >= 0.3 is 0 Å². The molecule has 5 rings (SSSR count). The van der Waals surface area contributed by atoms with Gasteiger partial charge in [-0.3, -0.25) is 0 Å². The highest BCUT2D eigenvalue weighted by Crippen LogP contribution is 2.34. The molecule has 3 unspecified atom stereocenters. The number of rotatable bonds is 13. The van der Waals surface area contributed by atoms with Crippen molar-refractivity contribution in [1.29, 1.82) is 0 Å². The van der Waals surface area contributed by atoms with Crippen LogP contribution in [0.3, 0.4) is 0 Å². The summed E-state index contributed by atoms with van der Waals surface area (Å²) in [6, 6.07) is 51.9. The van der Waals surface area contributed by atoms with Crippen LogP contribution in [0.4, 0.5) is 0 Å². The maximum Gasteiger partial charge on any atom is 0.241 e. The predicted molar refractivity (Wildman–Crippen MR) is 184 cm³/mol. The molecule has 0 fully saturated rings. The van der Waals surface area contributed by atoms with E-state index in [1.165, 1.54) is 57.9 Å². The first-order valence-electron chi connectivity index (χ1n) is 16.0. The zero-order valence-electron chi connectivity index (χ0n) is 25.6. The summed E-state index contributed by atoms with van der Waals surface area (Å²) in [4.78, 5) is 0. The molecule has 0 nitrogen and oxygen atoms in total. The molecule has 0 aromatic heterocycles. The molecular weight excluding hydrogens is 503 g/mol. The summed E-state index contributed by atoms with van der Waals surface area (Å²) >= 11 is 0. The Labute approximate surface area is 254 Å². The average molecular weight is 549 g/mol. The molecule has 42 heavy (non-hydrogen) atoms. The van der Waals surface area contributed by atoms with Crippen LogP contribution < -0.4 is 16.4 Å². The molecule has 0 saturated carbocycles. The van der Waals surface area contributed by atoms with Crippen LogP contribution in [-0.2, 0) is 12.8 Å². The van der Waals surface area contributed by atoms with Gasteiger partial charge in [0, 0.05) is 0 Å². The Kier molecular flexibility index (Phi) is 10.5. The van der Waals surface area contributed by atoms with Gasteiger partial charge in [-0.05, 0) is 72.1 Å². The molecule has 0 saturated heterocycles. The Morgan fingerprint density at radius 3 is 1.52 bits per heavy atom. The lowest BCUT2D eigenvalue weighted by atomic mass is 9.37. The molecule has 0 aliphatic carbocycles. The molecule has 0 amide bonds. The van der Waals surface area contributed by atoms with Gasteiger partial charge in [0.25, 0.3) is 0 Å². The van der Waals surface area contributed by atoms with Crippen molar-refractivity contribution in [3.63, 3.8) is 0 Å². The van der Waals surface area contributed by atoms with Crippen molar-refractivity contribution in [2.24, 2.45) is 5.92 Å². The van der Waals surface area contributed by atoms with Crippen LogP contribution in [0, 0.1) is 5.92 Å². The lowest BCUT2D eigenvalue weighted by Gasteiger charge is -2.26. The zero-order valence-corrected chi connectivity index (χ0v) is 25.6. The fourth-order valence-electron chi connectivity index (χ4n) is 6.69. The molecule has 0 spiro atoms. The monoisotopic (exact) mass is 548 g/mol. The van der Waals surface area contributed by atoms with E-state index < -0.39 is 0 Å². The Morgan fingerprint density at radius 1 is 0.500 bits per heavy atom. The molecule has 5 aromatic carbocycles. The van der Waals surface area contributed by atoms with E-state index in [4.69, 9.17) is 0 Å². The SMILES string of the molecule is CCc1ccc(C(C)CC(Cc2ccc(B(c3ccccc3)c3ccccc3)cc2)CC(CC)c2ccccc2)cc1. The maximum absolute atomic E-state index is 2.42. The fraction of sp³-hybridized carbons (Fsp3) is 0.268. The summed E-state index contributed by atoms with van der Waals surface area (Å²) in [6.45, 7) is 7.25. The van der Waals surface area contributed by atoms with E-state index in [2.05, 4.69) is 160 Å². The minimum Gasteiger partial charge on any atom is -0.0687 e. The van der Waals surface area contributed by atoms with Crippen LogP contribution in [-0.4, -0.2) is 6.71 Å². The summed E-state index contributed by atoms with van der Waals surface area (Å²) in [5, 5.41) is 0. The van der Waals surface area contributed by atoms with Gasteiger partial charge in [-0.15, -0.1) is 0 Å². The van der Waals surface area contributed by atoms with Gasteiger partial charge in [-0.2, -0.15) is 0 Å². The van der Waals surface area contributed by atoms with Crippen molar-refractivity contribution in [2.75, 3.05) is 0 Å². The lowest BCUT2D eigenvalue weighted by molar-refractivity contribution is 0.376. The predicted octanol–water partition coefficient (Wildman–Crippen LogP) is 8.70. The number of hydrogen-bond acceptors (Lipinski definition) is 0. The normalized spacial score (nSPS) is 13.3. The molecule has 0 aliphatic rings. The summed E-state index contributed by atoms with van der Waals surface area (Å²) in [5.74, 6) is 1.74. The minimum absolute atomic E-state index is 0.242. The summed E-state index contributed by atoms with van der Waals surface area (Å²) in [7, 11) is 0. The van der Waals surface area contributed by atoms with E-state index in [9.17, 15) is 0 Å². The molecular formula is C41H45B. The molecule has 212 valence electrons. The number of benzene rings is 5. The van der Waals surface area contributed by atoms with Gasteiger partial charge in [0.05, 0.1) is 0 Å². The average Bonchev–Trinajstić information content (AvgIpc) is 3.06. The van der Waals surface area contributed by atoms with Crippen molar-refractivity contribution in [3.8, 4) is 0 Å². The van der Waals surface area contributed by atoms with Crippen LogP contribution >= 0.6 is 0 Å². The largest absolute Gasteiger partial charge is 0.241 e. The van der Waals surface area contributed by atoms with Crippen molar-refractivity contribution in [2.45, 2.75) is 64.7 Å². The Bertz CT molecular complexity index is 1420. The molecule has 1 heteroatoms. The van der Waals surface area contributed by atoms with Crippen LogP contribution in [0.2, 0.25) is 0 Å². The van der Waals surface area contributed by atoms with Crippen molar-refractivity contribution in [3.05, 3.63) is 162 Å². The Hall–Kier alpha value is -3.84. The number of aryl methyl sites for hydroxylation is 1. The molecule has 3 atom stereocenters. The van der Waals surface area contributed by atoms with Gasteiger partial charge in [-0.1, -0.05) is 177 Å². The van der Waals surface area contributed by atoms with Crippen molar-refractivity contribution in [1.82, 2.24) is 0 Å². The van der Waals surface area contributed by atoms with E-state index in [0.29, 0.717) is 17.8 Å². The standard InChI is InChI=1S/C41H45B/c1-4-33-21-25-37(26-22-33)32(3)29-35(31-36(5-2)38-15-9-6-10-16-38)30-34-23-27-41(28-24-34)42(39-17-11-7-12-18-39)40-19-13-8-14-20-40/h6-28,32,35-36H,4-5,29-31H2,1-3H3. The molecule has 0 aliphatic heterocycles. The molecule has 0 radical (unpaired) electrons. The van der Waals surface area contributed by atoms with E-state index >= 15 is 0 Å². The third-order valence-electron chi connectivity index (χ3n) is 9.13. The maximum atomic E-state index is 2.42. The van der Waals surface area contributed by atoms with E-state index in [-0.39, 0.29) is 6.71 Å². The van der Waals surface area contributed by atoms with Gasteiger partial charge < -0.3 is 0 Å². The smallest absolute Gasteiger partial charge is 0.0687 e. The highest BCUT2D eigenvalue weighted by atomic mass is 14.3. The summed E-state index contributed by atoms with van der Waals surface area (Å²) in [6.07, 6.45) is 5.80. The first-order valence-corrected chi connectivity index (χ1v) is 16.0. The minimum atomic E-state index is 0.242. The second-order valence-corrected chi connectivity index (χ2v) is 12.0. The van der Waals surface area contributed by atoms with Crippen LogP contribution in [0.1, 0.15) is 74.1 Å². The Morgan fingerprint density at radius 2 is 1.00 bits per heavy atom. The van der Waals surface area contributed by atoms with Gasteiger partial charge in [0.1, 0.15) is 0 Å². The highest BCUT2D eigenvalue weighted by molar-refractivity contribution is 6.95. The highest BCUT2D eigenvalue weighted by Gasteiger charge is 2.23. The van der Waals surface area contributed by atoms with E-state index in [1.807, 2.05) is 0 Å². The van der Waals surface area contributed by atoms with Gasteiger partial charge in [0.2, 0.25) is 6.71 Å². The third kappa shape index (κ3) is 7.71. The van der Waals surface area contributed by atoms with Gasteiger partial charge in [-0.25, -0.2) is 0 Å². The second kappa shape index (κ2) is 14.9. The third-order valence-corrected chi connectivity index (χ3v) is 9.13. The quantitative estimate of drug-likeness (QED) is 0.129. The first kappa shape index (κ1) is 29.7. The molecule has 0 heterocycles. The first-order chi connectivity index (χ1) is 20.6. The van der Waals surface area contributed by atoms with Crippen LogP contribution in [0.5, 0.6) is 0 Å². The summed E-state index contributed by atoms with van der Waals surface area (Å²) in [5.41, 5.74) is 9.84. The van der Waals surface area contributed by atoms with Crippen LogP contribution in [0.15, 0.2) is 140 Å². The van der Waals surface area contributed by atoms with E-state index in [1.54, 1.807) is 0 Å². The van der Waals surface area contributed by atoms with Crippen molar-refractivity contribution >= 4 is 23.1 Å². The van der Waals surface area contributed by atoms with E-state index in [0.717, 1.165) is 12.8 Å². The topological polar surface area (TPSA) is 0 Å².